The average molecular weight is 343 g/mol. The van der Waals surface area contributed by atoms with Crippen LogP contribution in [0.1, 0.15) is 10.4 Å². The number of halogens is 2. The second-order valence-corrected chi connectivity index (χ2v) is 6.10. The van der Waals surface area contributed by atoms with Crippen LogP contribution in [0, 0.1) is 0 Å². The average Bonchev–Trinajstić information content (AvgIpc) is 2.85. The van der Waals surface area contributed by atoms with Crippen LogP contribution in [0.25, 0.3) is 5.57 Å². The highest BCUT2D eigenvalue weighted by Crippen LogP contribution is 2.32. The first-order valence-corrected chi connectivity index (χ1v) is 7.63. The van der Waals surface area contributed by atoms with Crippen molar-refractivity contribution in [2.45, 2.75) is 6.42 Å². The van der Waals surface area contributed by atoms with E-state index in [1.165, 1.54) is 17.4 Å². The van der Waals surface area contributed by atoms with Gasteiger partial charge in [0.05, 0.1) is 7.11 Å². The number of carbonyl (C=O) groups is 1. The quantitative estimate of drug-likeness (QED) is 0.795. The monoisotopic (exact) mass is 342 g/mol. The maximum atomic E-state index is 11.0. The van der Waals surface area contributed by atoms with E-state index in [-0.39, 0.29) is 0 Å². The van der Waals surface area contributed by atoms with Crippen LogP contribution in [0.2, 0.25) is 10.0 Å². The highest BCUT2D eigenvalue weighted by atomic mass is 35.5. The van der Waals surface area contributed by atoms with Gasteiger partial charge < -0.3 is 9.84 Å². The van der Waals surface area contributed by atoms with Gasteiger partial charge in [-0.05, 0) is 29.3 Å². The Morgan fingerprint density at radius 3 is 2.71 bits per heavy atom. The molecule has 1 aromatic heterocycles. The van der Waals surface area contributed by atoms with Gasteiger partial charge in [-0.15, -0.1) is 11.3 Å². The summed E-state index contributed by atoms with van der Waals surface area (Å²) in [5.74, 6) is -0.258. The summed E-state index contributed by atoms with van der Waals surface area (Å²) in [5.41, 5.74) is 1.28. The second kappa shape index (κ2) is 6.98. The molecule has 2 rings (SSSR count). The fourth-order valence-electron chi connectivity index (χ4n) is 1.87. The molecule has 21 heavy (non-hydrogen) atoms. The molecular formula is C15H12Cl2O3S. The third kappa shape index (κ3) is 4.24. The van der Waals surface area contributed by atoms with Crippen LogP contribution < -0.4 is 4.74 Å². The van der Waals surface area contributed by atoms with Crippen molar-refractivity contribution >= 4 is 46.1 Å². The van der Waals surface area contributed by atoms with Gasteiger partial charge in [-0.3, -0.25) is 0 Å². The largest absolute Gasteiger partial charge is 0.496 e. The van der Waals surface area contributed by atoms with E-state index in [1.807, 2.05) is 11.4 Å². The topological polar surface area (TPSA) is 46.5 Å². The standard InChI is InChI=1S/C15H12Cl2O3S/c1-20-11-7-12(21-8-11)4-9(5-15(18)19)13-3-2-10(16)6-14(13)17/h2-3,5-8H,4H2,1H3,(H,18,19). The first-order valence-electron chi connectivity index (χ1n) is 6.00. The van der Waals surface area contributed by atoms with Gasteiger partial charge >= 0.3 is 5.97 Å². The summed E-state index contributed by atoms with van der Waals surface area (Å²) in [6.07, 6.45) is 1.63. The molecule has 0 spiro atoms. The minimum Gasteiger partial charge on any atom is -0.496 e. The third-order valence-corrected chi connectivity index (χ3v) is 4.27. The van der Waals surface area contributed by atoms with Crippen molar-refractivity contribution in [3.8, 4) is 5.75 Å². The third-order valence-electron chi connectivity index (χ3n) is 2.80. The van der Waals surface area contributed by atoms with Gasteiger partial charge in [0.25, 0.3) is 0 Å². The summed E-state index contributed by atoms with van der Waals surface area (Å²) >= 11 is 13.5. The normalized spacial score (nSPS) is 11.5. The number of methoxy groups -OCH3 is 1. The zero-order valence-electron chi connectivity index (χ0n) is 11.1. The lowest BCUT2D eigenvalue weighted by Crippen LogP contribution is -1.96. The summed E-state index contributed by atoms with van der Waals surface area (Å²) in [5, 5.41) is 11.9. The Labute approximate surface area is 136 Å². The molecule has 0 fully saturated rings. The number of aliphatic carboxylic acids is 1. The summed E-state index contributed by atoms with van der Waals surface area (Å²) < 4.78 is 5.13. The first kappa shape index (κ1) is 15.9. The lowest BCUT2D eigenvalue weighted by atomic mass is 10.0. The molecule has 0 aliphatic heterocycles. The van der Waals surface area contributed by atoms with Gasteiger partial charge in [0.15, 0.2) is 0 Å². The van der Waals surface area contributed by atoms with Gasteiger partial charge in [0.1, 0.15) is 5.75 Å². The van der Waals surface area contributed by atoms with Crippen LogP contribution in [0.3, 0.4) is 0 Å². The fourth-order valence-corrected chi connectivity index (χ4v) is 3.26. The van der Waals surface area contributed by atoms with Crippen LogP contribution in [0.5, 0.6) is 5.75 Å². The molecule has 1 N–H and O–H groups in total. The smallest absolute Gasteiger partial charge is 0.328 e. The molecule has 2 aromatic rings. The summed E-state index contributed by atoms with van der Waals surface area (Å²) in [7, 11) is 1.59. The number of allylic oxidation sites excluding steroid dienone is 1. The Kier molecular flexibility index (Phi) is 5.28. The molecule has 1 heterocycles. The molecule has 1 aromatic carbocycles. The number of thiophene rings is 1. The van der Waals surface area contributed by atoms with Gasteiger partial charge in [0.2, 0.25) is 0 Å². The zero-order valence-corrected chi connectivity index (χ0v) is 13.4. The molecule has 110 valence electrons. The minimum absolute atomic E-state index is 0.429. The van der Waals surface area contributed by atoms with E-state index in [1.54, 1.807) is 25.3 Å². The van der Waals surface area contributed by atoms with Crippen molar-refractivity contribution in [3.63, 3.8) is 0 Å². The predicted molar refractivity (Wildman–Crippen MR) is 86.6 cm³/mol. The first-order chi connectivity index (χ1) is 9.99. The summed E-state index contributed by atoms with van der Waals surface area (Å²) in [6.45, 7) is 0. The number of carboxylic acids is 1. The van der Waals surface area contributed by atoms with Crippen molar-refractivity contribution in [1.82, 2.24) is 0 Å². The van der Waals surface area contributed by atoms with Crippen LogP contribution in [0.15, 0.2) is 35.7 Å². The molecule has 0 aliphatic rings. The van der Waals surface area contributed by atoms with E-state index >= 15 is 0 Å². The number of hydrogen-bond donors (Lipinski definition) is 1. The highest BCUT2D eigenvalue weighted by molar-refractivity contribution is 7.10. The van der Waals surface area contributed by atoms with Crippen LogP contribution in [0.4, 0.5) is 0 Å². The van der Waals surface area contributed by atoms with Crippen LogP contribution >= 0.6 is 34.5 Å². The molecule has 0 unspecified atom stereocenters. The second-order valence-electron chi connectivity index (χ2n) is 4.26. The van der Waals surface area contributed by atoms with E-state index in [4.69, 9.17) is 33.0 Å². The van der Waals surface area contributed by atoms with Gasteiger partial charge in [-0.1, -0.05) is 29.3 Å². The SMILES string of the molecule is COc1csc(CC(=CC(=O)O)c2ccc(Cl)cc2Cl)c1. The van der Waals surface area contributed by atoms with Crippen LogP contribution in [-0.2, 0) is 11.2 Å². The Balaban J connectivity index is 2.37. The van der Waals surface area contributed by atoms with Crippen molar-refractivity contribution in [1.29, 1.82) is 0 Å². The Bertz CT molecular complexity index is 692. The van der Waals surface area contributed by atoms with E-state index in [9.17, 15) is 4.79 Å². The summed E-state index contributed by atoms with van der Waals surface area (Å²) in [4.78, 5) is 12.0. The number of ether oxygens (including phenoxy) is 1. The molecule has 0 saturated carbocycles. The number of carboxylic acid groups (broad SMARTS) is 1. The molecular weight excluding hydrogens is 331 g/mol. The molecule has 0 bridgehead atoms. The number of rotatable bonds is 5. The minimum atomic E-state index is -1.01. The highest BCUT2D eigenvalue weighted by Gasteiger charge is 2.12. The van der Waals surface area contributed by atoms with E-state index in [0.717, 1.165) is 10.6 Å². The Morgan fingerprint density at radius 2 is 2.14 bits per heavy atom. The molecule has 0 aliphatic carbocycles. The molecule has 6 heteroatoms. The number of hydrogen-bond acceptors (Lipinski definition) is 3. The number of benzene rings is 1. The van der Waals surface area contributed by atoms with E-state index < -0.39 is 5.97 Å². The van der Waals surface area contributed by atoms with Crippen molar-refractivity contribution in [3.05, 3.63) is 56.2 Å². The van der Waals surface area contributed by atoms with Crippen molar-refractivity contribution in [2.75, 3.05) is 7.11 Å². The lowest BCUT2D eigenvalue weighted by molar-refractivity contribution is -0.131. The molecule has 0 saturated heterocycles. The molecule has 3 nitrogen and oxygen atoms in total. The van der Waals surface area contributed by atoms with Crippen molar-refractivity contribution < 1.29 is 14.6 Å². The zero-order chi connectivity index (χ0) is 15.4. The van der Waals surface area contributed by atoms with Crippen LogP contribution in [-0.4, -0.2) is 18.2 Å². The van der Waals surface area contributed by atoms with E-state index in [2.05, 4.69) is 0 Å². The Hall–Kier alpha value is -1.49. The molecule has 0 atom stereocenters. The maximum absolute atomic E-state index is 11.0. The molecule has 0 radical (unpaired) electrons. The summed E-state index contributed by atoms with van der Waals surface area (Å²) in [6, 6.07) is 6.89. The van der Waals surface area contributed by atoms with E-state index in [0.29, 0.717) is 27.6 Å². The maximum Gasteiger partial charge on any atom is 0.328 e. The Morgan fingerprint density at radius 1 is 1.38 bits per heavy atom. The van der Waals surface area contributed by atoms with Gasteiger partial charge in [-0.2, -0.15) is 0 Å². The lowest BCUT2D eigenvalue weighted by Gasteiger charge is -2.08. The fraction of sp³-hybridized carbons (Fsp3) is 0.133. The molecule has 0 amide bonds. The van der Waals surface area contributed by atoms with Crippen molar-refractivity contribution in [2.24, 2.45) is 0 Å². The van der Waals surface area contributed by atoms with Gasteiger partial charge in [0, 0.05) is 32.8 Å². The van der Waals surface area contributed by atoms with Gasteiger partial charge in [-0.25, -0.2) is 4.79 Å². The predicted octanol–water partition coefficient (Wildman–Crippen LogP) is 4.77.